The Morgan fingerprint density at radius 3 is 2.33 bits per heavy atom. The Labute approximate surface area is 91.2 Å². The lowest BCUT2D eigenvalue weighted by Gasteiger charge is -2.23. The van der Waals surface area contributed by atoms with Crippen molar-refractivity contribution < 1.29 is 14.3 Å². The van der Waals surface area contributed by atoms with E-state index < -0.39 is 11.6 Å². The molecule has 0 saturated carbocycles. The van der Waals surface area contributed by atoms with Gasteiger partial charge in [0.05, 0.1) is 0 Å². The van der Waals surface area contributed by atoms with E-state index in [4.69, 9.17) is 11.2 Å². The van der Waals surface area contributed by atoms with Crippen molar-refractivity contribution >= 4 is 11.8 Å². The van der Waals surface area contributed by atoms with E-state index in [9.17, 15) is 9.59 Å². The van der Waals surface area contributed by atoms with Crippen molar-refractivity contribution in [2.24, 2.45) is 5.92 Å². The van der Waals surface area contributed by atoms with Crippen LogP contribution in [0.1, 0.15) is 40.5 Å². The minimum atomic E-state index is -0.962. The molecule has 15 heavy (non-hydrogen) atoms. The molecule has 0 rings (SSSR count). The summed E-state index contributed by atoms with van der Waals surface area (Å²) in [6.45, 7) is 6.62. The van der Waals surface area contributed by atoms with Crippen molar-refractivity contribution in [3.05, 3.63) is 0 Å². The number of Topliss-reactive ketones (excluding diaryl/α,β-unsaturated/α-hetero) is 1. The van der Waals surface area contributed by atoms with Crippen LogP contribution in [0, 0.1) is 18.3 Å². The molecule has 0 aliphatic carbocycles. The number of terminal acetylenes is 1. The third kappa shape index (κ3) is 5.21. The highest BCUT2D eigenvalue weighted by Crippen LogP contribution is 2.18. The van der Waals surface area contributed by atoms with Crippen LogP contribution in [0.15, 0.2) is 0 Å². The molecular formula is C12H18O3. The summed E-state index contributed by atoms with van der Waals surface area (Å²) >= 11 is 0. The second-order valence-corrected chi connectivity index (χ2v) is 4.09. The summed E-state index contributed by atoms with van der Waals surface area (Å²) in [6.07, 6.45) is 5.99. The highest BCUT2D eigenvalue weighted by molar-refractivity contribution is 5.80. The number of rotatable bonds is 5. The monoisotopic (exact) mass is 210 g/mol. The fourth-order valence-corrected chi connectivity index (χ4v) is 1.12. The van der Waals surface area contributed by atoms with Crippen molar-refractivity contribution in [3.63, 3.8) is 0 Å². The number of esters is 1. The summed E-state index contributed by atoms with van der Waals surface area (Å²) in [5, 5.41) is 0. The van der Waals surface area contributed by atoms with Crippen LogP contribution in [-0.2, 0) is 14.3 Å². The lowest BCUT2D eigenvalue weighted by atomic mass is 9.95. The summed E-state index contributed by atoms with van der Waals surface area (Å²) in [5.41, 5.74) is -0.962. The Hall–Kier alpha value is -1.30. The molecule has 0 saturated heterocycles. The molecule has 1 atom stereocenters. The van der Waals surface area contributed by atoms with E-state index >= 15 is 0 Å². The highest BCUT2D eigenvalue weighted by atomic mass is 16.6. The van der Waals surface area contributed by atoms with Crippen LogP contribution in [0.3, 0.4) is 0 Å². The molecule has 0 aromatic heterocycles. The van der Waals surface area contributed by atoms with E-state index in [1.165, 1.54) is 6.92 Å². The first-order chi connectivity index (χ1) is 6.80. The molecule has 0 N–H and O–H groups in total. The molecule has 0 aliphatic rings. The number of ether oxygens (including phenoxy) is 1. The van der Waals surface area contributed by atoms with E-state index in [0.29, 0.717) is 12.8 Å². The van der Waals surface area contributed by atoms with Crippen LogP contribution < -0.4 is 0 Å². The Kier molecular flexibility index (Phi) is 5.07. The first kappa shape index (κ1) is 13.7. The van der Waals surface area contributed by atoms with Crippen molar-refractivity contribution in [1.29, 1.82) is 0 Å². The zero-order chi connectivity index (χ0) is 12.1. The van der Waals surface area contributed by atoms with Crippen LogP contribution in [0.4, 0.5) is 0 Å². The first-order valence-corrected chi connectivity index (χ1v) is 5.01. The molecule has 0 fully saturated rings. The molecule has 3 heteroatoms. The summed E-state index contributed by atoms with van der Waals surface area (Å²) in [4.78, 5) is 22.2. The quantitative estimate of drug-likeness (QED) is 0.514. The number of ketones is 1. The largest absolute Gasteiger partial charge is 0.446 e. The Bertz CT molecular complexity index is 286. The van der Waals surface area contributed by atoms with E-state index in [0.717, 1.165) is 0 Å². The van der Waals surface area contributed by atoms with Gasteiger partial charge in [-0.15, -0.1) is 6.42 Å². The molecular weight excluding hydrogens is 192 g/mol. The van der Waals surface area contributed by atoms with Gasteiger partial charge in [-0.3, -0.25) is 9.59 Å². The first-order valence-electron chi connectivity index (χ1n) is 5.01. The third-order valence-electron chi connectivity index (χ3n) is 2.17. The van der Waals surface area contributed by atoms with Crippen LogP contribution in [-0.4, -0.2) is 17.4 Å². The van der Waals surface area contributed by atoms with Gasteiger partial charge in [0.2, 0.25) is 0 Å². The Balaban J connectivity index is 4.29. The molecule has 0 aromatic rings. The van der Waals surface area contributed by atoms with E-state index in [1.54, 1.807) is 6.92 Å². The van der Waals surface area contributed by atoms with Gasteiger partial charge in [0.15, 0.2) is 5.60 Å². The molecule has 0 amide bonds. The fourth-order valence-electron chi connectivity index (χ4n) is 1.12. The summed E-state index contributed by atoms with van der Waals surface area (Å²) in [6, 6.07) is 0. The zero-order valence-electron chi connectivity index (χ0n) is 9.79. The molecule has 1 unspecified atom stereocenters. The van der Waals surface area contributed by atoms with Gasteiger partial charge >= 0.3 is 5.97 Å². The van der Waals surface area contributed by atoms with Crippen LogP contribution in [0.2, 0.25) is 0 Å². The molecule has 0 radical (unpaired) electrons. The summed E-state index contributed by atoms with van der Waals surface area (Å²) < 4.78 is 4.99. The third-order valence-corrected chi connectivity index (χ3v) is 2.17. The molecule has 0 spiro atoms. The van der Waals surface area contributed by atoms with Gasteiger partial charge in [0, 0.05) is 25.7 Å². The lowest BCUT2D eigenvalue weighted by Crippen LogP contribution is -2.30. The van der Waals surface area contributed by atoms with Gasteiger partial charge in [-0.25, -0.2) is 0 Å². The van der Waals surface area contributed by atoms with Crippen molar-refractivity contribution in [1.82, 2.24) is 0 Å². The topological polar surface area (TPSA) is 43.4 Å². The normalized spacial score (nSPS) is 14.1. The highest BCUT2D eigenvalue weighted by Gasteiger charge is 2.26. The van der Waals surface area contributed by atoms with Gasteiger partial charge in [0.25, 0.3) is 0 Å². The van der Waals surface area contributed by atoms with E-state index in [2.05, 4.69) is 5.92 Å². The number of hydrogen-bond acceptors (Lipinski definition) is 3. The summed E-state index contributed by atoms with van der Waals surface area (Å²) in [7, 11) is 0. The standard InChI is InChI=1S/C12H18O3/c1-6-12(5,15-10(4)13)8-7-11(14)9(2)3/h1,9H,7-8H2,2-5H3. The lowest BCUT2D eigenvalue weighted by molar-refractivity contribution is -0.151. The number of carbonyl (C=O) groups excluding carboxylic acids is 2. The Morgan fingerprint density at radius 1 is 1.47 bits per heavy atom. The average Bonchev–Trinajstić information content (AvgIpc) is 2.13. The van der Waals surface area contributed by atoms with Gasteiger partial charge in [-0.2, -0.15) is 0 Å². The second-order valence-electron chi connectivity index (χ2n) is 4.09. The number of carbonyl (C=O) groups is 2. The zero-order valence-corrected chi connectivity index (χ0v) is 9.79. The fraction of sp³-hybridized carbons (Fsp3) is 0.667. The molecule has 0 bridgehead atoms. The van der Waals surface area contributed by atoms with Gasteiger partial charge < -0.3 is 4.74 Å². The average molecular weight is 210 g/mol. The van der Waals surface area contributed by atoms with Gasteiger partial charge in [0.1, 0.15) is 5.78 Å². The van der Waals surface area contributed by atoms with Crippen LogP contribution in [0.25, 0.3) is 0 Å². The minimum Gasteiger partial charge on any atom is -0.446 e. The van der Waals surface area contributed by atoms with Crippen LogP contribution in [0.5, 0.6) is 0 Å². The summed E-state index contributed by atoms with van der Waals surface area (Å²) in [5.74, 6) is 2.10. The maximum Gasteiger partial charge on any atom is 0.304 e. The second kappa shape index (κ2) is 5.55. The van der Waals surface area contributed by atoms with Gasteiger partial charge in [-0.05, 0) is 6.92 Å². The molecule has 84 valence electrons. The molecule has 0 heterocycles. The SMILES string of the molecule is C#CC(C)(CCC(=O)C(C)C)OC(C)=O. The maximum atomic E-state index is 11.4. The molecule has 0 aliphatic heterocycles. The minimum absolute atomic E-state index is 0.00986. The van der Waals surface area contributed by atoms with Gasteiger partial charge in [-0.1, -0.05) is 19.8 Å². The predicted octanol–water partition coefficient (Wildman–Crippen LogP) is 1.95. The smallest absolute Gasteiger partial charge is 0.304 e. The van der Waals surface area contributed by atoms with Crippen molar-refractivity contribution in [3.8, 4) is 12.3 Å². The van der Waals surface area contributed by atoms with E-state index in [-0.39, 0.29) is 11.7 Å². The molecule has 3 nitrogen and oxygen atoms in total. The number of hydrogen-bond donors (Lipinski definition) is 0. The van der Waals surface area contributed by atoms with Crippen molar-refractivity contribution in [2.75, 3.05) is 0 Å². The Morgan fingerprint density at radius 2 is 2.00 bits per heavy atom. The van der Waals surface area contributed by atoms with E-state index in [1.807, 2.05) is 13.8 Å². The van der Waals surface area contributed by atoms with Crippen LogP contribution >= 0.6 is 0 Å². The van der Waals surface area contributed by atoms with Crippen molar-refractivity contribution in [2.45, 2.75) is 46.1 Å². The predicted molar refractivity (Wildman–Crippen MR) is 58.1 cm³/mol. The maximum absolute atomic E-state index is 11.4. The molecule has 0 aromatic carbocycles.